The van der Waals surface area contributed by atoms with Gasteiger partial charge in [0.25, 0.3) is 0 Å². The molecule has 1 N–H and O–H groups in total. The van der Waals surface area contributed by atoms with E-state index in [1.165, 1.54) is 24.0 Å². The summed E-state index contributed by atoms with van der Waals surface area (Å²) in [5.41, 5.74) is 2.71. The molecular formula is C15H23N. The molecular weight excluding hydrogens is 194 g/mol. The van der Waals surface area contributed by atoms with Gasteiger partial charge in [0.1, 0.15) is 0 Å². The second kappa shape index (κ2) is 7.24. The normalized spacial score (nSPS) is 12.4. The Morgan fingerprint density at radius 3 is 2.50 bits per heavy atom. The Bertz CT molecular complexity index is 302. The van der Waals surface area contributed by atoms with Crippen LogP contribution < -0.4 is 5.32 Å². The van der Waals surface area contributed by atoms with Crippen molar-refractivity contribution in [3.63, 3.8) is 0 Å². The molecule has 0 radical (unpaired) electrons. The summed E-state index contributed by atoms with van der Waals surface area (Å²) in [5, 5.41) is 3.39. The van der Waals surface area contributed by atoms with Crippen LogP contribution in [0.1, 0.15) is 31.7 Å². The van der Waals surface area contributed by atoms with Crippen molar-refractivity contribution >= 4 is 0 Å². The van der Waals surface area contributed by atoms with Gasteiger partial charge in [-0.05, 0) is 45.2 Å². The Morgan fingerprint density at radius 2 is 1.94 bits per heavy atom. The van der Waals surface area contributed by atoms with E-state index in [2.05, 4.69) is 49.2 Å². The molecule has 0 saturated carbocycles. The first-order valence-electron chi connectivity index (χ1n) is 6.08. The molecule has 0 aromatic heterocycles. The summed E-state index contributed by atoms with van der Waals surface area (Å²) < 4.78 is 0. The largest absolute Gasteiger partial charge is 0.317 e. The average Bonchev–Trinajstić information content (AvgIpc) is 2.30. The molecule has 1 aromatic carbocycles. The highest BCUT2D eigenvalue weighted by atomic mass is 14.9. The Kier molecular flexibility index (Phi) is 5.87. The van der Waals surface area contributed by atoms with Crippen LogP contribution in [0, 0.1) is 0 Å². The lowest BCUT2D eigenvalue weighted by Crippen LogP contribution is -2.25. The first kappa shape index (κ1) is 13.0. The molecule has 1 aromatic rings. The Morgan fingerprint density at radius 1 is 1.25 bits per heavy atom. The highest BCUT2D eigenvalue weighted by Crippen LogP contribution is 2.11. The molecule has 0 fully saturated rings. The first-order chi connectivity index (χ1) is 7.72. The van der Waals surface area contributed by atoms with Crippen LogP contribution in [0.15, 0.2) is 42.5 Å². The van der Waals surface area contributed by atoms with Gasteiger partial charge in [-0.1, -0.05) is 35.9 Å². The fourth-order valence-corrected chi connectivity index (χ4v) is 1.84. The minimum absolute atomic E-state index is 0.608. The SMILES string of the molecule is C=C(C)CCC(CCc1ccccc1)NC. The zero-order valence-electron chi connectivity index (χ0n) is 10.5. The highest BCUT2D eigenvalue weighted by molar-refractivity contribution is 5.14. The standard InChI is InChI=1S/C15H23N/c1-13(2)9-11-15(16-3)12-10-14-7-5-4-6-8-14/h4-8,15-16H,1,9-12H2,2-3H3. The third-order valence-corrected chi connectivity index (χ3v) is 2.95. The van der Waals surface area contributed by atoms with Crippen molar-refractivity contribution in [3.8, 4) is 0 Å². The lowest BCUT2D eigenvalue weighted by Gasteiger charge is -2.16. The summed E-state index contributed by atoms with van der Waals surface area (Å²) in [4.78, 5) is 0. The van der Waals surface area contributed by atoms with Crippen LogP contribution in [0.2, 0.25) is 0 Å². The van der Waals surface area contributed by atoms with Gasteiger partial charge >= 0.3 is 0 Å². The molecule has 0 amide bonds. The molecule has 1 atom stereocenters. The maximum Gasteiger partial charge on any atom is 0.00702 e. The van der Waals surface area contributed by atoms with Crippen molar-refractivity contribution < 1.29 is 0 Å². The van der Waals surface area contributed by atoms with Gasteiger partial charge in [-0.25, -0.2) is 0 Å². The van der Waals surface area contributed by atoms with Crippen molar-refractivity contribution in [2.75, 3.05) is 7.05 Å². The van der Waals surface area contributed by atoms with Gasteiger partial charge in [-0.3, -0.25) is 0 Å². The van der Waals surface area contributed by atoms with E-state index in [1.807, 2.05) is 7.05 Å². The van der Waals surface area contributed by atoms with E-state index in [-0.39, 0.29) is 0 Å². The number of allylic oxidation sites excluding steroid dienone is 1. The predicted molar refractivity (Wildman–Crippen MR) is 71.7 cm³/mol. The molecule has 0 aliphatic rings. The second-order valence-electron chi connectivity index (χ2n) is 4.51. The number of benzene rings is 1. The molecule has 1 rings (SSSR count). The fourth-order valence-electron chi connectivity index (χ4n) is 1.84. The zero-order chi connectivity index (χ0) is 11.8. The van der Waals surface area contributed by atoms with Crippen LogP contribution in [-0.4, -0.2) is 13.1 Å². The Labute approximate surface area is 99.6 Å². The minimum atomic E-state index is 0.608. The molecule has 1 unspecified atom stereocenters. The quantitative estimate of drug-likeness (QED) is 0.689. The lowest BCUT2D eigenvalue weighted by molar-refractivity contribution is 0.489. The molecule has 0 bridgehead atoms. The van der Waals surface area contributed by atoms with E-state index >= 15 is 0 Å². The highest BCUT2D eigenvalue weighted by Gasteiger charge is 2.05. The number of aryl methyl sites for hydroxylation is 1. The number of nitrogens with one attached hydrogen (secondary N) is 1. The third kappa shape index (κ3) is 5.13. The topological polar surface area (TPSA) is 12.0 Å². The van der Waals surface area contributed by atoms with Crippen LogP contribution in [0.3, 0.4) is 0 Å². The monoisotopic (exact) mass is 217 g/mol. The fraction of sp³-hybridized carbons (Fsp3) is 0.467. The van der Waals surface area contributed by atoms with Gasteiger partial charge in [0, 0.05) is 6.04 Å². The molecule has 0 aliphatic carbocycles. The summed E-state index contributed by atoms with van der Waals surface area (Å²) in [6.45, 7) is 6.05. The van der Waals surface area contributed by atoms with Crippen LogP contribution in [0.25, 0.3) is 0 Å². The van der Waals surface area contributed by atoms with Crippen LogP contribution in [-0.2, 0) is 6.42 Å². The van der Waals surface area contributed by atoms with Crippen molar-refractivity contribution in [2.24, 2.45) is 0 Å². The summed E-state index contributed by atoms with van der Waals surface area (Å²) >= 11 is 0. The Balaban J connectivity index is 2.31. The summed E-state index contributed by atoms with van der Waals surface area (Å²) in [5.74, 6) is 0. The van der Waals surface area contributed by atoms with Crippen LogP contribution >= 0.6 is 0 Å². The van der Waals surface area contributed by atoms with Crippen molar-refractivity contribution in [3.05, 3.63) is 48.0 Å². The van der Waals surface area contributed by atoms with Crippen molar-refractivity contribution in [2.45, 2.75) is 38.6 Å². The Hall–Kier alpha value is -1.08. The molecule has 0 spiro atoms. The van der Waals surface area contributed by atoms with E-state index in [1.54, 1.807) is 0 Å². The molecule has 1 nitrogen and oxygen atoms in total. The number of hydrogen-bond acceptors (Lipinski definition) is 1. The van der Waals surface area contributed by atoms with E-state index in [0.29, 0.717) is 6.04 Å². The van der Waals surface area contributed by atoms with Gasteiger partial charge in [0.2, 0.25) is 0 Å². The average molecular weight is 217 g/mol. The van der Waals surface area contributed by atoms with Gasteiger partial charge in [0.15, 0.2) is 0 Å². The number of rotatable bonds is 7. The second-order valence-corrected chi connectivity index (χ2v) is 4.51. The number of hydrogen-bond donors (Lipinski definition) is 1. The van der Waals surface area contributed by atoms with Crippen molar-refractivity contribution in [1.82, 2.24) is 5.32 Å². The minimum Gasteiger partial charge on any atom is -0.317 e. The van der Waals surface area contributed by atoms with E-state index in [9.17, 15) is 0 Å². The predicted octanol–water partition coefficient (Wildman–Crippen LogP) is 3.56. The molecule has 88 valence electrons. The van der Waals surface area contributed by atoms with Gasteiger partial charge in [-0.15, -0.1) is 6.58 Å². The van der Waals surface area contributed by atoms with Gasteiger partial charge in [-0.2, -0.15) is 0 Å². The maximum absolute atomic E-state index is 3.95. The molecule has 0 saturated heterocycles. The summed E-state index contributed by atoms with van der Waals surface area (Å²) in [6.07, 6.45) is 4.68. The lowest BCUT2D eigenvalue weighted by atomic mass is 10.0. The molecule has 0 aliphatic heterocycles. The smallest absolute Gasteiger partial charge is 0.00702 e. The summed E-state index contributed by atoms with van der Waals surface area (Å²) in [6, 6.07) is 11.3. The zero-order valence-corrected chi connectivity index (χ0v) is 10.5. The van der Waals surface area contributed by atoms with Crippen molar-refractivity contribution in [1.29, 1.82) is 0 Å². The summed E-state index contributed by atoms with van der Waals surface area (Å²) in [7, 11) is 2.05. The van der Waals surface area contributed by atoms with E-state index < -0.39 is 0 Å². The first-order valence-corrected chi connectivity index (χ1v) is 6.08. The third-order valence-electron chi connectivity index (χ3n) is 2.95. The van der Waals surface area contributed by atoms with Crippen LogP contribution in [0.4, 0.5) is 0 Å². The van der Waals surface area contributed by atoms with Gasteiger partial charge < -0.3 is 5.32 Å². The van der Waals surface area contributed by atoms with Crippen LogP contribution in [0.5, 0.6) is 0 Å². The molecule has 0 heterocycles. The molecule has 16 heavy (non-hydrogen) atoms. The van der Waals surface area contributed by atoms with E-state index in [4.69, 9.17) is 0 Å². The van der Waals surface area contributed by atoms with Gasteiger partial charge in [0.05, 0.1) is 0 Å². The molecule has 1 heteroatoms. The van der Waals surface area contributed by atoms with E-state index in [0.717, 1.165) is 12.8 Å². The maximum atomic E-state index is 3.95.